The van der Waals surface area contributed by atoms with Crippen molar-refractivity contribution in [2.75, 3.05) is 6.54 Å². The lowest BCUT2D eigenvalue weighted by molar-refractivity contribution is -0.137. The van der Waals surface area contributed by atoms with Gasteiger partial charge >= 0.3 is 6.18 Å². The highest BCUT2D eigenvalue weighted by molar-refractivity contribution is 5.85. The van der Waals surface area contributed by atoms with E-state index in [9.17, 15) is 18.0 Å². The minimum Gasteiger partial charge on any atom is -0.364 e. The Labute approximate surface area is 158 Å². The van der Waals surface area contributed by atoms with Crippen molar-refractivity contribution < 1.29 is 22.7 Å². The van der Waals surface area contributed by atoms with Crippen molar-refractivity contribution in [2.24, 2.45) is 11.1 Å². The maximum Gasteiger partial charge on any atom is 0.416 e. The van der Waals surface area contributed by atoms with Crippen LogP contribution in [0.2, 0.25) is 0 Å². The number of alkyl halides is 3. The fraction of sp³-hybridized carbons (Fsp3) is 0.611. The maximum absolute atomic E-state index is 13.0. The molecule has 0 spiro atoms. The highest BCUT2D eigenvalue weighted by atomic mass is 35.5. The van der Waals surface area contributed by atoms with Crippen LogP contribution in [0.4, 0.5) is 13.2 Å². The molecule has 1 saturated heterocycles. The van der Waals surface area contributed by atoms with Gasteiger partial charge in [0, 0.05) is 6.54 Å². The molecule has 3 N–H and O–H groups in total. The molecule has 1 heterocycles. The lowest BCUT2D eigenvalue weighted by atomic mass is 9.81. The number of hydrogen-bond acceptors (Lipinski definition) is 3. The zero-order valence-electron chi connectivity index (χ0n) is 15.1. The molecule has 8 heteroatoms. The summed E-state index contributed by atoms with van der Waals surface area (Å²) in [7, 11) is 0. The number of ether oxygens (including phenoxy) is 1. The number of amides is 1. The van der Waals surface area contributed by atoms with E-state index in [-0.39, 0.29) is 24.4 Å². The molecule has 0 aromatic heterocycles. The molecule has 1 amide bonds. The second-order valence-corrected chi connectivity index (χ2v) is 7.49. The molecule has 1 aromatic carbocycles. The van der Waals surface area contributed by atoms with Crippen molar-refractivity contribution in [1.82, 2.24) is 5.32 Å². The Morgan fingerprint density at radius 1 is 1.31 bits per heavy atom. The number of halogens is 4. The molecule has 1 aromatic rings. The van der Waals surface area contributed by atoms with Gasteiger partial charge in [-0.2, -0.15) is 13.2 Å². The van der Waals surface area contributed by atoms with Gasteiger partial charge in [0.15, 0.2) is 0 Å². The molecule has 0 aliphatic carbocycles. The minimum atomic E-state index is -4.43. The Balaban J connectivity index is 0.00000338. The van der Waals surface area contributed by atoms with E-state index in [0.717, 1.165) is 12.1 Å². The molecular formula is C18H26ClF3N2O2. The number of nitrogens with two attached hydrogens (primary N) is 1. The molecule has 148 valence electrons. The van der Waals surface area contributed by atoms with Crippen LogP contribution in [0.25, 0.3) is 0 Å². The largest absolute Gasteiger partial charge is 0.416 e. The summed E-state index contributed by atoms with van der Waals surface area (Å²) in [6.07, 6.45) is -3.90. The molecule has 2 rings (SSSR count). The van der Waals surface area contributed by atoms with E-state index in [1.165, 1.54) is 6.07 Å². The quantitative estimate of drug-likeness (QED) is 0.815. The van der Waals surface area contributed by atoms with Crippen LogP contribution in [0.5, 0.6) is 0 Å². The zero-order chi connectivity index (χ0) is 18.8. The van der Waals surface area contributed by atoms with Crippen LogP contribution < -0.4 is 11.1 Å². The summed E-state index contributed by atoms with van der Waals surface area (Å²) >= 11 is 0. The van der Waals surface area contributed by atoms with E-state index in [1.54, 1.807) is 6.07 Å². The maximum atomic E-state index is 13.0. The average molecular weight is 395 g/mol. The minimum absolute atomic E-state index is 0. The van der Waals surface area contributed by atoms with Crippen molar-refractivity contribution in [3.63, 3.8) is 0 Å². The molecule has 26 heavy (non-hydrogen) atoms. The smallest absolute Gasteiger partial charge is 0.364 e. The fourth-order valence-electron chi connectivity index (χ4n) is 3.00. The Bertz CT molecular complexity index is 617. The molecule has 4 nitrogen and oxygen atoms in total. The highest BCUT2D eigenvalue weighted by Crippen LogP contribution is 2.36. The van der Waals surface area contributed by atoms with E-state index in [2.05, 4.69) is 5.32 Å². The van der Waals surface area contributed by atoms with Gasteiger partial charge in [-0.3, -0.25) is 4.79 Å². The van der Waals surface area contributed by atoms with Crippen LogP contribution >= 0.6 is 12.4 Å². The number of hydrogen-bond donors (Lipinski definition) is 2. The second-order valence-electron chi connectivity index (χ2n) is 7.49. The van der Waals surface area contributed by atoms with Gasteiger partial charge in [-0.05, 0) is 36.0 Å². The van der Waals surface area contributed by atoms with Crippen molar-refractivity contribution in [3.05, 3.63) is 35.4 Å². The summed E-state index contributed by atoms with van der Waals surface area (Å²) in [6, 6.07) is 4.51. The summed E-state index contributed by atoms with van der Waals surface area (Å²) in [4.78, 5) is 12.5. The van der Waals surface area contributed by atoms with Gasteiger partial charge in [0.2, 0.25) is 5.91 Å². The number of benzene rings is 1. The van der Waals surface area contributed by atoms with Gasteiger partial charge in [-0.15, -0.1) is 12.4 Å². The standard InChI is InChI=1S/C18H25F3N2O2.ClH/c1-17(2,3)15(11-5-4-6-12(9-11)18(19,20)21)23-16(24)14-8-7-13(10-22)25-14;/h4-6,9,13-15H,7-8,10,22H2,1-3H3,(H,23,24);1H/t13-,14+,15?;/m1./s1. The Hall–Kier alpha value is -1.31. The third kappa shape index (κ3) is 5.59. The van der Waals surface area contributed by atoms with Gasteiger partial charge in [0.05, 0.1) is 17.7 Å². The molecule has 1 fully saturated rings. The SMILES string of the molecule is CC(C)(C)C(NC(=O)[C@@H]1CC[C@H](CN)O1)c1cccc(C(F)(F)F)c1.Cl. The Morgan fingerprint density at radius 2 is 1.96 bits per heavy atom. The van der Waals surface area contributed by atoms with Gasteiger partial charge in [-0.25, -0.2) is 0 Å². The van der Waals surface area contributed by atoms with E-state index in [1.807, 2.05) is 20.8 Å². The third-order valence-corrected chi connectivity index (χ3v) is 4.36. The number of nitrogens with one attached hydrogen (secondary N) is 1. The Kier molecular flexibility index (Phi) is 7.51. The number of carbonyl (C=O) groups is 1. The molecular weight excluding hydrogens is 369 g/mol. The summed E-state index contributed by atoms with van der Waals surface area (Å²) in [5.74, 6) is -0.312. The molecule has 3 atom stereocenters. The van der Waals surface area contributed by atoms with E-state index >= 15 is 0 Å². The summed E-state index contributed by atoms with van der Waals surface area (Å²) < 4.78 is 44.6. The van der Waals surface area contributed by atoms with E-state index in [0.29, 0.717) is 24.9 Å². The van der Waals surface area contributed by atoms with Crippen LogP contribution in [0.15, 0.2) is 24.3 Å². The monoisotopic (exact) mass is 394 g/mol. The van der Waals surface area contributed by atoms with Gasteiger partial charge < -0.3 is 15.8 Å². The molecule has 1 aliphatic heterocycles. The summed E-state index contributed by atoms with van der Waals surface area (Å²) in [5, 5.41) is 2.87. The van der Waals surface area contributed by atoms with Gasteiger partial charge in [-0.1, -0.05) is 32.9 Å². The van der Waals surface area contributed by atoms with Crippen molar-refractivity contribution >= 4 is 18.3 Å². The summed E-state index contributed by atoms with van der Waals surface area (Å²) in [5.41, 5.74) is 4.78. The van der Waals surface area contributed by atoms with Crippen LogP contribution in [-0.2, 0) is 15.7 Å². The number of carbonyl (C=O) groups excluding carboxylic acids is 1. The molecule has 1 aliphatic rings. The third-order valence-electron chi connectivity index (χ3n) is 4.36. The van der Waals surface area contributed by atoms with Crippen LogP contribution in [0, 0.1) is 5.41 Å². The first-order valence-corrected chi connectivity index (χ1v) is 8.35. The normalized spacial score (nSPS) is 21.8. The molecule has 1 unspecified atom stereocenters. The summed E-state index contributed by atoms with van der Waals surface area (Å²) in [6.45, 7) is 5.96. The molecule has 0 radical (unpaired) electrons. The Morgan fingerprint density at radius 3 is 2.46 bits per heavy atom. The van der Waals surface area contributed by atoms with E-state index < -0.39 is 29.3 Å². The number of rotatable bonds is 4. The van der Waals surface area contributed by atoms with Crippen LogP contribution in [0.1, 0.15) is 50.8 Å². The lowest BCUT2D eigenvalue weighted by Crippen LogP contribution is -2.42. The molecule has 0 saturated carbocycles. The predicted octanol–water partition coefficient (Wildman–Crippen LogP) is 3.84. The van der Waals surface area contributed by atoms with Crippen molar-refractivity contribution in [1.29, 1.82) is 0 Å². The van der Waals surface area contributed by atoms with Gasteiger partial charge in [0.1, 0.15) is 6.10 Å². The highest BCUT2D eigenvalue weighted by Gasteiger charge is 2.36. The topological polar surface area (TPSA) is 64.4 Å². The van der Waals surface area contributed by atoms with Crippen molar-refractivity contribution in [2.45, 2.75) is 58.0 Å². The van der Waals surface area contributed by atoms with Crippen LogP contribution in [-0.4, -0.2) is 24.7 Å². The first-order chi connectivity index (χ1) is 11.5. The van der Waals surface area contributed by atoms with Gasteiger partial charge in [0.25, 0.3) is 0 Å². The second kappa shape index (κ2) is 8.59. The predicted molar refractivity (Wildman–Crippen MR) is 96.0 cm³/mol. The average Bonchev–Trinajstić information content (AvgIpc) is 2.99. The molecule has 0 bridgehead atoms. The van der Waals surface area contributed by atoms with E-state index in [4.69, 9.17) is 10.5 Å². The van der Waals surface area contributed by atoms with Crippen LogP contribution in [0.3, 0.4) is 0 Å². The fourth-order valence-corrected chi connectivity index (χ4v) is 3.00. The zero-order valence-corrected chi connectivity index (χ0v) is 15.9. The van der Waals surface area contributed by atoms with Crippen molar-refractivity contribution in [3.8, 4) is 0 Å². The first-order valence-electron chi connectivity index (χ1n) is 8.35. The lowest BCUT2D eigenvalue weighted by Gasteiger charge is -2.33. The first kappa shape index (κ1) is 22.7.